The third-order valence-corrected chi connectivity index (χ3v) is 17.3. The van der Waals surface area contributed by atoms with Crippen LogP contribution in [-0.2, 0) is 43.3 Å². The van der Waals surface area contributed by atoms with Crippen LogP contribution >= 0.6 is 0 Å². The molecule has 0 aliphatic heterocycles. The second-order valence-corrected chi connectivity index (χ2v) is 34.6. The maximum Gasteiger partial charge on any atom is 0.0761 e. The zero-order valence-electron chi connectivity index (χ0n) is 63.0. The lowest BCUT2D eigenvalue weighted by atomic mass is 9.79. The van der Waals surface area contributed by atoms with E-state index in [1.165, 1.54) is 44.5 Å². The van der Waals surface area contributed by atoms with E-state index in [9.17, 15) is 5.11 Å². The van der Waals surface area contributed by atoms with E-state index in [0.717, 1.165) is 83.5 Å². The fraction of sp³-hybridized carbons (Fsp3) is 0.354. The predicted octanol–water partition coefficient (Wildman–Crippen LogP) is 21.9. The molecule has 8 rings (SSSR count). The molecule has 0 aliphatic carbocycles. The van der Waals surface area contributed by atoms with Gasteiger partial charge in [0.25, 0.3) is 0 Å². The van der Waals surface area contributed by atoms with E-state index in [4.69, 9.17) is 0 Å². The van der Waals surface area contributed by atoms with Crippen molar-refractivity contribution in [3.63, 3.8) is 0 Å². The summed E-state index contributed by atoms with van der Waals surface area (Å²) >= 11 is 0. The summed E-state index contributed by atoms with van der Waals surface area (Å²) < 4.78 is 0. The average Bonchev–Trinajstić information content (AvgIpc) is 0.843. The van der Waals surface area contributed by atoms with Crippen molar-refractivity contribution in [1.82, 2.24) is 0 Å². The highest BCUT2D eigenvalue weighted by atomic mass is 16.3. The van der Waals surface area contributed by atoms with Gasteiger partial charge in [0.15, 0.2) is 0 Å². The van der Waals surface area contributed by atoms with Crippen LogP contribution in [0.3, 0.4) is 0 Å². The molecule has 0 saturated carbocycles. The van der Waals surface area contributed by atoms with Gasteiger partial charge in [-0.05, 0) is 216 Å². The van der Waals surface area contributed by atoms with Gasteiger partial charge in [-0.25, -0.2) is 0 Å². The van der Waals surface area contributed by atoms with Crippen LogP contribution in [0.5, 0.6) is 0 Å². The van der Waals surface area contributed by atoms with Crippen molar-refractivity contribution < 1.29 is 5.11 Å². The normalized spacial score (nSPS) is 12.2. The summed E-state index contributed by atoms with van der Waals surface area (Å²) in [5, 5.41) is 10.3. The van der Waals surface area contributed by atoms with Gasteiger partial charge in [-0.15, -0.1) is 0 Å². The summed E-state index contributed by atoms with van der Waals surface area (Å²) in [4.78, 5) is 0. The van der Waals surface area contributed by atoms with Crippen molar-refractivity contribution in [2.75, 3.05) is 0 Å². The van der Waals surface area contributed by atoms with Crippen LogP contribution in [0, 0.1) is 82.9 Å². The van der Waals surface area contributed by atoms with E-state index >= 15 is 0 Å². The molecule has 0 saturated heterocycles. The van der Waals surface area contributed by atoms with Crippen LogP contribution in [-0.4, -0.2) is 5.11 Å². The van der Waals surface area contributed by atoms with Gasteiger partial charge in [0.1, 0.15) is 0 Å². The first-order valence-corrected chi connectivity index (χ1v) is 34.3. The fourth-order valence-corrected chi connectivity index (χ4v) is 10.7. The monoisotopic (exact) mass is 1270 g/mol. The summed E-state index contributed by atoms with van der Waals surface area (Å²) in [6.45, 7) is 55.9. The zero-order chi connectivity index (χ0) is 71.4. The quantitative estimate of drug-likeness (QED) is 0.162. The third kappa shape index (κ3) is 21.1. The lowest BCUT2D eigenvalue weighted by Gasteiger charge is -2.25. The molecule has 0 amide bonds. The highest BCUT2D eigenvalue weighted by Gasteiger charge is 2.25. The van der Waals surface area contributed by atoms with Crippen molar-refractivity contribution in [2.45, 2.75) is 223 Å². The smallest absolute Gasteiger partial charge is 0.0761 e. The number of aliphatic hydroxyl groups excluding tert-OH is 1. The second-order valence-electron chi connectivity index (χ2n) is 34.6. The van der Waals surface area contributed by atoms with Crippen LogP contribution < -0.4 is 0 Å². The van der Waals surface area contributed by atoms with Gasteiger partial charge in [-0.2, -0.15) is 0 Å². The standard InChI is InChI=1S/C96H102O/c1-65(97)80-42-40-66(41-43-80)26-27-67-44-68(28-30-70-47-72(32-36-76-53-81(89(2,3)4)61-82(54-76)90(5,6)7)51-73(48-70)33-37-77-55-83(91(8,9)10)62-84(56-77)92(11,12)13)46-69(45-67)29-31-71-49-74(34-38-78-57-85(93(14,15)16)63-86(58-78)94(17,18)19)52-75(50-71)35-39-79-59-87(95(20,21)22)64-88(60-79)96(23,24)25/h40-65,97H,1-25H3. The van der Waals surface area contributed by atoms with Gasteiger partial charge in [-0.3, -0.25) is 0 Å². The van der Waals surface area contributed by atoms with Gasteiger partial charge in [0.2, 0.25) is 0 Å². The fourth-order valence-electron chi connectivity index (χ4n) is 10.7. The lowest BCUT2D eigenvalue weighted by Crippen LogP contribution is -2.16. The Morgan fingerprint density at radius 2 is 0.309 bits per heavy atom. The Labute approximate surface area is 586 Å². The Morgan fingerprint density at radius 1 is 0.186 bits per heavy atom. The average molecular weight is 1270 g/mol. The van der Waals surface area contributed by atoms with Crippen molar-refractivity contribution in [1.29, 1.82) is 0 Å². The maximum absolute atomic E-state index is 10.3. The summed E-state index contributed by atoms with van der Waals surface area (Å²) in [6.07, 6.45) is -0.580. The molecule has 1 N–H and O–H groups in total. The Balaban J connectivity index is 1.31. The zero-order valence-corrected chi connectivity index (χ0v) is 63.0. The molecular weight excluding hydrogens is 1170 g/mol. The Hall–Kier alpha value is -9.36. The molecule has 1 unspecified atom stereocenters. The summed E-state index contributed by atoms with van der Waals surface area (Å²) in [6, 6.07) is 53.4. The van der Waals surface area contributed by atoms with Gasteiger partial charge in [-0.1, -0.05) is 285 Å². The van der Waals surface area contributed by atoms with Crippen LogP contribution in [0.15, 0.2) is 152 Å². The minimum Gasteiger partial charge on any atom is -0.389 e. The van der Waals surface area contributed by atoms with Gasteiger partial charge >= 0.3 is 0 Å². The SMILES string of the molecule is CC(O)c1ccc(C#Cc2cc(C#Cc3cc(C#Cc4cc(C(C)(C)C)cc(C(C)(C)C)c4)cc(C#Cc4cc(C(C)(C)C)cc(C(C)(C)C)c4)c3)cc(C#Cc3cc(C#Cc4cc(C(C)(C)C)cc(C(C)(C)C)c4)cc(C#Cc4cc(C(C)(C)C)cc(C(C)(C)C)c4)c3)c2)cc1. The van der Waals surface area contributed by atoms with Crippen molar-refractivity contribution in [2.24, 2.45) is 0 Å². The molecule has 0 aromatic heterocycles. The molecule has 8 aromatic carbocycles. The molecule has 1 heteroatoms. The third-order valence-electron chi connectivity index (χ3n) is 17.3. The van der Waals surface area contributed by atoms with Gasteiger partial charge < -0.3 is 5.11 Å². The van der Waals surface area contributed by atoms with Crippen molar-refractivity contribution in [3.05, 3.63) is 280 Å². The predicted molar refractivity (Wildman–Crippen MR) is 414 cm³/mol. The highest BCUT2D eigenvalue weighted by molar-refractivity contribution is 5.62. The Bertz CT molecular complexity index is 4160. The number of hydrogen-bond acceptors (Lipinski definition) is 1. The largest absolute Gasteiger partial charge is 0.389 e. The topological polar surface area (TPSA) is 20.2 Å². The molecule has 0 bridgehead atoms. The second kappa shape index (κ2) is 28.4. The first kappa shape index (κ1) is 73.4. The van der Waals surface area contributed by atoms with Gasteiger partial charge in [0.05, 0.1) is 6.10 Å². The number of aliphatic hydroxyl groups is 1. The minimum absolute atomic E-state index is 0.0562. The number of hydrogen-bond donors (Lipinski definition) is 1. The van der Waals surface area contributed by atoms with Crippen LogP contribution in [0.2, 0.25) is 0 Å². The molecule has 492 valence electrons. The maximum atomic E-state index is 10.3. The van der Waals surface area contributed by atoms with E-state index in [-0.39, 0.29) is 43.3 Å². The Kier molecular flexibility index (Phi) is 21.5. The molecule has 0 aliphatic rings. The summed E-state index contributed by atoms with van der Waals surface area (Å²) in [7, 11) is 0. The Morgan fingerprint density at radius 3 is 0.433 bits per heavy atom. The molecule has 0 radical (unpaired) electrons. The van der Waals surface area contributed by atoms with Gasteiger partial charge in [0, 0.05) is 77.9 Å². The first-order valence-electron chi connectivity index (χ1n) is 34.3. The minimum atomic E-state index is -0.580. The molecule has 8 aromatic rings. The van der Waals surface area contributed by atoms with E-state index in [1.807, 2.05) is 42.5 Å². The van der Waals surface area contributed by atoms with Crippen LogP contribution in [0.4, 0.5) is 0 Å². The summed E-state index contributed by atoms with van der Waals surface area (Å²) in [5.74, 6) is 49.6. The highest BCUT2D eigenvalue weighted by Crippen LogP contribution is 2.35. The molecule has 0 heterocycles. The van der Waals surface area contributed by atoms with E-state index in [1.54, 1.807) is 6.92 Å². The molecular formula is C96H102O. The molecule has 0 fully saturated rings. The molecule has 1 atom stereocenters. The number of rotatable bonds is 1. The number of benzene rings is 8. The molecule has 97 heavy (non-hydrogen) atoms. The molecule has 0 spiro atoms. The van der Waals surface area contributed by atoms with E-state index in [0.29, 0.717) is 0 Å². The van der Waals surface area contributed by atoms with Crippen molar-refractivity contribution >= 4 is 0 Å². The van der Waals surface area contributed by atoms with E-state index in [2.05, 4.69) is 358 Å². The summed E-state index contributed by atoms with van der Waals surface area (Å²) in [5.41, 5.74) is 22.2. The molecule has 1 nitrogen and oxygen atoms in total. The van der Waals surface area contributed by atoms with Crippen LogP contribution in [0.25, 0.3) is 0 Å². The van der Waals surface area contributed by atoms with E-state index < -0.39 is 6.10 Å². The van der Waals surface area contributed by atoms with Crippen molar-refractivity contribution in [3.8, 4) is 82.9 Å². The van der Waals surface area contributed by atoms with Crippen LogP contribution in [0.1, 0.15) is 307 Å². The lowest BCUT2D eigenvalue weighted by molar-refractivity contribution is 0.199. The first-order chi connectivity index (χ1) is 44.8.